The molecule has 0 atom stereocenters. The Hall–Kier alpha value is -2.82. The maximum absolute atomic E-state index is 12.2. The van der Waals surface area contributed by atoms with Gasteiger partial charge in [0.25, 0.3) is 5.69 Å². The fourth-order valence-electron chi connectivity index (χ4n) is 2.68. The molecule has 0 N–H and O–H groups in total. The maximum Gasteiger partial charge on any atom is 0.278 e. The van der Waals surface area contributed by atoms with Gasteiger partial charge >= 0.3 is 0 Å². The average Bonchev–Trinajstić information content (AvgIpc) is 2.44. The second-order valence-electron chi connectivity index (χ2n) is 5.17. The Kier molecular flexibility index (Phi) is 2.73. The molecule has 0 bridgehead atoms. The molecular formula is C16H11NO4. The van der Waals surface area contributed by atoms with E-state index in [-0.39, 0.29) is 22.4 Å². The Balaban J connectivity index is 2.46. The van der Waals surface area contributed by atoms with E-state index in [1.165, 1.54) is 12.1 Å². The van der Waals surface area contributed by atoms with Crippen LogP contribution in [-0.2, 0) is 0 Å². The van der Waals surface area contributed by atoms with Crippen molar-refractivity contribution in [1.82, 2.24) is 0 Å². The number of benzene rings is 2. The van der Waals surface area contributed by atoms with Crippen LogP contribution in [0, 0.1) is 24.0 Å². The van der Waals surface area contributed by atoms with Crippen LogP contribution in [0.4, 0.5) is 5.69 Å². The SMILES string of the molecule is Cc1ccc2c(c1)C(=O)C(=O)c1cc(C)cc([N+](=O)[O-])c1-2. The third-order valence-corrected chi connectivity index (χ3v) is 3.60. The number of fused-ring (bicyclic) bond motifs is 3. The van der Waals surface area contributed by atoms with E-state index >= 15 is 0 Å². The molecule has 0 aromatic heterocycles. The van der Waals surface area contributed by atoms with Gasteiger partial charge in [0, 0.05) is 22.8 Å². The van der Waals surface area contributed by atoms with E-state index < -0.39 is 16.5 Å². The van der Waals surface area contributed by atoms with Crippen LogP contribution in [0.1, 0.15) is 31.8 Å². The van der Waals surface area contributed by atoms with E-state index in [2.05, 4.69) is 0 Å². The van der Waals surface area contributed by atoms with Crippen LogP contribution in [0.15, 0.2) is 30.3 Å². The fourth-order valence-corrected chi connectivity index (χ4v) is 2.68. The number of hydrogen-bond acceptors (Lipinski definition) is 4. The molecule has 0 spiro atoms. The molecule has 2 aromatic rings. The van der Waals surface area contributed by atoms with Gasteiger partial charge in [-0.25, -0.2) is 0 Å². The third kappa shape index (κ3) is 1.86. The van der Waals surface area contributed by atoms with Crippen molar-refractivity contribution in [2.75, 3.05) is 0 Å². The lowest BCUT2D eigenvalue weighted by Crippen LogP contribution is -2.22. The molecule has 21 heavy (non-hydrogen) atoms. The standard InChI is InChI=1S/C16H11NO4/c1-8-3-4-10-11(5-8)15(18)16(19)12-6-9(2)7-13(14(10)12)17(20)21/h3-7H,1-2H3. The fraction of sp³-hybridized carbons (Fsp3) is 0.125. The number of nitrogens with zero attached hydrogens (tertiary/aromatic N) is 1. The number of nitro benzene ring substituents is 1. The van der Waals surface area contributed by atoms with Gasteiger partial charge in [0.15, 0.2) is 0 Å². The summed E-state index contributed by atoms with van der Waals surface area (Å²) >= 11 is 0. The lowest BCUT2D eigenvalue weighted by atomic mass is 9.81. The van der Waals surface area contributed by atoms with Crippen molar-refractivity contribution in [3.63, 3.8) is 0 Å². The molecule has 0 amide bonds. The highest BCUT2D eigenvalue weighted by molar-refractivity contribution is 6.53. The second-order valence-corrected chi connectivity index (χ2v) is 5.17. The van der Waals surface area contributed by atoms with Crippen LogP contribution in [0.3, 0.4) is 0 Å². The monoisotopic (exact) mass is 281 g/mol. The van der Waals surface area contributed by atoms with Gasteiger partial charge in [-0.05, 0) is 31.5 Å². The summed E-state index contributed by atoms with van der Waals surface area (Å²) in [5.74, 6) is -1.30. The van der Waals surface area contributed by atoms with Crippen LogP contribution in [0.5, 0.6) is 0 Å². The zero-order chi connectivity index (χ0) is 15.3. The van der Waals surface area contributed by atoms with Crippen molar-refractivity contribution in [2.45, 2.75) is 13.8 Å². The zero-order valence-electron chi connectivity index (χ0n) is 11.5. The molecule has 0 fully saturated rings. The van der Waals surface area contributed by atoms with Crippen LogP contribution in [0.25, 0.3) is 11.1 Å². The number of nitro groups is 1. The summed E-state index contributed by atoms with van der Waals surface area (Å²) in [5.41, 5.74) is 2.31. The van der Waals surface area contributed by atoms with Gasteiger partial charge in [0.05, 0.1) is 10.5 Å². The molecule has 0 heterocycles. The van der Waals surface area contributed by atoms with Crippen LogP contribution in [0.2, 0.25) is 0 Å². The predicted octanol–water partition coefficient (Wildman–Crippen LogP) is 3.26. The highest BCUT2D eigenvalue weighted by Gasteiger charge is 2.35. The number of rotatable bonds is 1. The minimum atomic E-state index is -0.685. The van der Waals surface area contributed by atoms with Crippen LogP contribution < -0.4 is 0 Å². The zero-order valence-corrected chi connectivity index (χ0v) is 11.5. The van der Waals surface area contributed by atoms with E-state index in [0.717, 1.165) is 5.56 Å². The molecule has 1 aliphatic rings. The molecule has 0 saturated heterocycles. The topological polar surface area (TPSA) is 77.3 Å². The lowest BCUT2D eigenvalue weighted by molar-refractivity contribution is -0.384. The first kappa shape index (κ1) is 13.2. The van der Waals surface area contributed by atoms with Gasteiger partial charge in [-0.1, -0.05) is 17.7 Å². The summed E-state index contributed by atoms with van der Waals surface area (Å²) in [6.07, 6.45) is 0. The number of aryl methyl sites for hydroxylation is 2. The van der Waals surface area contributed by atoms with E-state index in [4.69, 9.17) is 0 Å². The summed E-state index contributed by atoms with van der Waals surface area (Å²) < 4.78 is 0. The molecule has 1 aliphatic carbocycles. The van der Waals surface area contributed by atoms with Gasteiger partial charge < -0.3 is 0 Å². The largest absolute Gasteiger partial charge is 0.285 e. The molecular weight excluding hydrogens is 270 g/mol. The molecule has 5 heteroatoms. The Bertz CT molecular complexity index is 836. The van der Waals surface area contributed by atoms with Crippen molar-refractivity contribution in [3.8, 4) is 11.1 Å². The first-order valence-corrected chi connectivity index (χ1v) is 6.39. The normalized spacial score (nSPS) is 12.9. The molecule has 5 nitrogen and oxygen atoms in total. The van der Waals surface area contributed by atoms with E-state index in [0.29, 0.717) is 11.1 Å². The lowest BCUT2D eigenvalue weighted by Gasteiger charge is -2.18. The molecule has 0 aliphatic heterocycles. The summed E-state index contributed by atoms with van der Waals surface area (Å²) in [5, 5.41) is 11.3. The number of hydrogen-bond donors (Lipinski definition) is 0. The van der Waals surface area contributed by atoms with Gasteiger partial charge in [0.2, 0.25) is 11.6 Å². The first-order chi connectivity index (χ1) is 9.90. The average molecular weight is 281 g/mol. The van der Waals surface area contributed by atoms with Crippen molar-refractivity contribution in [1.29, 1.82) is 0 Å². The minimum absolute atomic E-state index is 0.114. The third-order valence-electron chi connectivity index (χ3n) is 3.60. The number of ketones is 2. The number of Topliss-reactive ketones (excluding diaryl/α,β-unsaturated/α-hetero) is 2. The summed E-state index contributed by atoms with van der Waals surface area (Å²) in [7, 11) is 0. The molecule has 0 radical (unpaired) electrons. The van der Waals surface area contributed by atoms with Gasteiger partial charge in [-0.15, -0.1) is 0 Å². The number of carbonyl (C=O) groups excluding carboxylic acids is 2. The highest BCUT2D eigenvalue weighted by atomic mass is 16.6. The van der Waals surface area contributed by atoms with E-state index in [1.807, 2.05) is 0 Å². The number of carbonyl (C=O) groups is 2. The molecule has 104 valence electrons. The molecule has 0 saturated carbocycles. The summed E-state index contributed by atoms with van der Waals surface area (Å²) in [4.78, 5) is 35.2. The van der Waals surface area contributed by atoms with Gasteiger partial charge in [-0.2, -0.15) is 0 Å². The molecule has 0 unspecified atom stereocenters. The smallest absolute Gasteiger partial charge is 0.278 e. The quantitative estimate of drug-likeness (QED) is 0.456. The van der Waals surface area contributed by atoms with Crippen molar-refractivity contribution in [3.05, 3.63) is 62.7 Å². The predicted molar refractivity (Wildman–Crippen MR) is 76.7 cm³/mol. The van der Waals surface area contributed by atoms with Gasteiger partial charge in [0.1, 0.15) is 0 Å². The van der Waals surface area contributed by atoms with E-state index in [1.54, 1.807) is 32.0 Å². The van der Waals surface area contributed by atoms with E-state index in [9.17, 15) is 19.7 Å². The van der Waals surface area contributed by atoms with Crippen molar-refractivity contribution in [2.24, 2.45) is 0 Å². The molecule has 3 rings (SSSR count). The highest BCUT2D eigenvalue weighted by Crippen LogP contribution is 2.40. The maximum atomic E-state index is 12.2. The van der Waals surface area contributed by atoms with Gasteiger partial charge in [-0.3, -0.25) is 19.7 Å². The Morgan fingerprint density at radius 2 is 1.48 bits per heavy atom. The summed E-state index contributed by atoms with van der Waals surface area (Å²) in [6, 6.07) is 7.99. The Morgan fingerprint density at radius 3 is 2.14 bits per heavy atom. The first-order valence-electron chi connectivity index (χ1n) is 6.39. The van der Waals surface area contributed by atoms with Crippen LogP contribution >= 0.6 is 0 Å². The second kappa shape index (κ2) is 4.34. The van der Waals surface area contributed by atoms with Crippen molar-refractivity contribution < 1.29 is 14.5 Å². The molecule has 2 aromatic carbocycles. The minimum Gasteiger partial charge on any atom is -0.285 e. The Labute approximate surface area is 120 Å². The van der Waals surface area contributed by atoms with Crippen molar-refractivity contribution >= 4 is 17.3 Å². The Morgan fingerprint density at radius 1 is 0.857 bits per heavy atom. The summed E-state index contributed by atoms with van der Waals surface area (Å²) in [6.45, 7) is 3.47. The van der Waals surface area contributed by atoms with Crippen LogP contribution in [-0.4, -0.2) is 16.5 Å².